The molecule has 0 saturated carbocycles. The number of nitrogens with one attached hydrogen (secondary N) is 2. The Kier molecular flexibility index (Phi) is 6.66. The molecule has 142 valence electrons. The molecule has 0 radical (unpaired) electrons. The molecule has 7 heteroatoms. The van der Waals surface area contributed by atoms with Crippen LogP contribution in [-0.2, 0) is 0 Å². The van der Waals surface area contributed by atoms with Gasteiger partial charge in [0.2, 0.25) is 5.95 Å². The molecular weight excluding hydrogens is 344 g/mol. The van der Waals surface area contributed by atoms with E-state index in [9.17, 15) is 0 Å². The quantitative estimate of drug-likeness (QED) is 0.606. The fraction of sp³-hybridized carbons (Fsp3) is 0.632. The van der Waals surface area contributed by atoms with Crippen molar-refractivity contribution in [3.63, 3.8) is 0 Å². The van der Waals surface area contributed by atoms with E-state index in [0.29, 0.717) is 23.6 Å². The Morgan fingerprint density at radius 1 is 1.19 bits per heavy atom. The molecule has 2 fully saturated rings. The molecular formula is C19H30N6S. The summed E-state index contributed by atoms with van der Waals surface area (Å²) in [5, 5.41) is 6.76. The molecule has 0 amide bonds. The maximum atomic E-state index is 5.35. The van der Waals surface area contributed by atoms with Crippen molar-refractivity contribution >= 4 is 34.9 Å². The predicted molar refractivity (Wildman–Crippen MR) is 113 cm³/mol. The molecule has 0 aromatic carbocycles. The first-order valence-electron chi connectivity index (χ1n) is 9.74. The van der Waals surface area contributed by atoms with Crippen molar-refractivity contribution in [2.24, 2.45) is 0 Å². The molecule has 3 heterocycles. The molecule has 0 bridgehead atoms. The van der Waals surface area contributed by atoms with Crippen LogP contribution in [0.5, 0.6) is 0 Å². The fourth-order valence-corrected chi connectivity index (χ4v) is 3.83. The van der Waals surface area contributed by atoms with Crippen molar-refractivity contribution in [2.75, 3.05) is 41.3 Å². The molecule has 3 rings (SSSR count). The Morgan fingerprint density at radius 2 is 1.92 bits per heavy atom. The van der Waals surface area contributed by atoms with Gasteiger partial charge in [-0.15, -0.1) is 6.58 Å². The summed E-state index contributed by atoms with van der Waals surface area (Å²) in [6, 6.07) is 2.66. The van der Waals surface area contributed by atoms with Gasteiger partial charge < -0.3 is 20.4 Å². The van der Waals surface area contributed by atoms with Crippen LogP contribution in [0.3, 0.4) is 0 Å². The number of hydrogen-bond donors (Lipinski definition) is 2. The van der Waals surface area contributed by atoms with Gasteiger partial charge in [-0.25, -0.2) is 0 Å². The molecule has 0 aliphatic carbocycles. The lowest BCUT2D eigenvalue weighted by Gasteiger charge is -2.35. The average molecular weight is 375 g/mol. The Labute approximate surface area is 162 Å². The Hall–Kier alpha value is -1.89. The minimum absolute atomic E-state index is 0.506. The molecule has 2 saturated heterocycles. The molecule has 2 N–H and O–H groups in total. The van der Waals surface area contributed by atoms with Crippen molar-refractivity contribution in [1.82, 2.24) is 15.3 Å². The zero-order chi connectivity index (χ0) is 18.4. The monoisotopic (exact) mass is 374 g/mol. The fourth-order valence-electron chi connectivity index (χ4n) is 3.66. The van der Waals surface area contributed by atoms with Crippen molar-refractivity contribution in [3.8, 4) is 0 Å². The summed E-state index contributed by atoms with van der Waals surface area (Å²) in [6.45, 7) is 9.78. The van der Waals surface area contributed by atoms with Crippen LogP contribution in [0.2, 0.25) is 0 Å². The van der Waals surface area contributed by atoms with E-state index >= 15 is 0 Å². The third kappa shape index (κ3) is 4.84. The highest BCUT2D eigenvalue weighted by molar-refractivity contribution is 7.80. The van der Waals surface area contributed by atoms with E-state index in [1.807, 2.05) is 0 Å². The first-order valence-corrected chi connectivity index (χ1v) is 10.1. The van der Waals surface area contributed by atoms with E-state index in [4.69, 9.17) is 22.2 Å². The van der Waals surface area contributed by atoms with Crippen LogP contribution in [0, 0.1) is 0 Å². The van der Waals surface area contributed by atoms with E-state index in [2.05, 4.69) is 40.0 Å². The van der Waals surface area contributed by atoms with Gasteiger partial charge in [-0.2, -0.15) is 9.97 Å². The van der Waals surface area contributed by atoms with Gasteiger partial charge in [0.25, 0.3) is 0 Å². The summed E-state index contributed by atoms with van der Waals surface area (Å²) in [6.07, 6.45) is 9.25. The first kappa shape index (κ1) is 18.9. The van der Waals surface area contributed by atoms with Gasteiger partial charge >= 0.3 is 0 Å². The SMILES string of the molecule is C=CCNC(=S)Nc1nc(N2CCCCC2)cc(N2CCCC[C@@H]2C)n1. The molecule has 1 aromatic rings. The van der Waals surface area contributed by atoms with Crippen LogP contribution in [0.15, 0.2) is 18.7 Å². The average Bonchev–Trinajstić information content (AvgIpc) is 2.67. The van der Waals surface area contributed by atoms with Gasteiger partial charge in [-0.3, -0.25) is 0 Å². The largest absolute Gasteiger partial charge is 0.359 e. The van der Waals surface area contributed by atoms with Gasteiger partial charge in [0.15, 0.2) is 5.11 Å². The molecule has 0 unspecified atom stereocenters. The summed E-state index contributed by atoms with van der Waals surface area (Å²) in [5.41, 5.74) is 0. The van der Waals surface area contributed by atoms with E-state index in [1.165, 1.54) is 38.5 Å². The van der Waals surface area contributed by atoms with Crippen molar-refractivity contribution in [2.45, 2.75) is 51.5 Å². The minimum Gasteiger partial charge on any atom is -0.359 e. The summed E-state index contributed by atoms with van der Waals surface area (Å²) >= 11 is 5.35. The highest BCUT2D eigenvalue weighted by Crippen LogP contribution is 2.28. The third-order valence-electron chi connectivity index (χ3n) is 5.11. The molecule has 1 aromatic heterocycles. The van der Waals surface area contributed by atoms with Crippen LogP contribution in [-0.4, -0.2) is 47.3 Å². The lowest BCUT2D eigenvalue weighted by molar-refractivity contribution is 0.481. The Balaban J connectivity index is 1.85. The van der Waals surface area contributed by atoms with Gasteiger partial charge in [0, 0.05) is 38.3 Å². The van der Waals surface area contributed by atoms with E-state index in [0.717, 1.165) is 31.3 Å². The third-order valence-corrected chi connectivity index (χ3v) is 5.36. The second kappa shape index (κ2) is 9.16. The number of aromatic nitrogens is 2. The van der Waals surface area contributed by atoms with Crippen molar-refractivity contribution < 1.29 is 0 Å². The molecule has 0 spiro atoms. The standard InChI is InChI=1S/C19H30N6S/c1-3-10-20-19(26)23-18-21-16(24-11-6-4-7-12-24)14-17(22-18)25-13-8-5-9-15(25)2/h3,14-15H,1,4-13H2,2H3,(H2,20,21,22,23,26)/t15-/m0/s1. The van der Waals surface area contributed by atoms with Crippen LogP contribution in [0.25, 0.3) is 0 Å². The lowest BCUT2D eigenvalue weighted by atomic mass is 10.0. The van der Waals surface area contributed by atoms with E-state index in [1.54, 1.807) is 6.08 Å². The minimum atomic E-state index is 0.506. The van der Waals surface area contributed by atoms with Crippen molar-refractivity contribution in [3.05, 3.63) is 18.7 Å². The highest BCUT2D eigenvalue weighted by atomic mass is 32.1. The highest BCUT2D eigenvalue weighted by Gasteiger charge is 2.23. The first-order chi connectivity index (χ1) is 12.7. The lowest BCUT2D eigenvalue weighted by Crippen LogP contribution is -2.39. The molecule has 2 aliphatic heterocycles. The summed E-state index contributed by atoms with van der Waals surface area (Å²) in [7, 11) is 0. The van der Waals surface area contributed by atoms with Crippen LogP contribution in [0.1, 0.15) is 45.4 Å². The van der Waals surface area contributed by atoms with Crippen LogP contribution >= 0.6 is 12.2 Å². The number of piperidine rings is 2. The zero-order valence-electron chi connectivity index (χ0n) is 15.7. The van der Waals surface area contributed by atoms with Crippen LogP contribution in [0.4, 0.5) is 17.6 Å². The van der Waals surface area contributed by atoms with E-state index < -0.39 is 0 Å². The van der Waals surface area contributed by atoms with Crippen molar-refractivity contribution in [1.29, 1.82) is 0 Å². The predicted octanol–water partition coefficient (Wildman–Crippen LogP) is 3.32. The smallest absolute Gasteiger partial charge is 0.232 e. The molecule has 2 aliphatic rings. The number of hydrogen-bond acceptors (Lipinski definition) is 5. The maximum Gasteiger partial charge on any atom is 0.232 e. The normalized spacial score (nSPS) is 20.6. The van der Waals surface area contributed by atoms with Gasteiger partial charge in [0.1, 0.15) is 11.6 Å². The number of nitrogens with zero attached hydrogens (tertiary/aromatic N) is 4. The molecule has 1 atom stereocenters. The molecule has 26 heavy (non-hydrogen) atoms. The Morgan fingerprint density at radius 3 is 2.65 bits per heavy atom. The Bertz CT molecular complexity index is 628. The van der Waals surface area contributed by atoms with Crippen LogP contribution < -0.4 is 20.4 Å². The number of rotatable bonds is 5. The second-order valence-corrected chi connectivity index (χ2v) is 7.53. The maximum absolute atomic E-state index is 5.35. The summed E-state index contributed by atoms with van der Waals surface area (Å²) in [4.78, 5) is 14.3. The van der Waals surface area contributed by atoms with E-state index in [-0.39, 0.29) is 0 Å². The topological polar surface area (TPSA) is 56.3 Å². The summed E-state index contributed by atoms with van der Waals surface area (Å²) < 4.78 is 0. The summed E-state index contributed by atoms with van der Waals surface area (Å²) in [5.74, 6) is 2.57. The van der Waals surface area contributed by atoms with Gasteiger partial charge in [-0.05, 0) is 57.7 Å². The zero-order valence-corrected chi connectivity index (χ0v) is 16.5. The number of thiocarbonyl (C=S) groups is 1. The second-order valence-electron chi connectivity index (χ2n) is 7.12. The number of anilines is 3. The molecule has 6 nitrogen and oxygen atoms in total. The van der Waals surface area contributed by atoms with Gasteiger partial charge in [0.05, 0.1) is 0 Å². The van der Waals surface area contributed by atoms with Gasteiger partial charge in [-0.1, -0.05) is 6.08 Å².